The zero-order chi connectivity index (χ0) is 26.6. The summed E-state index contributed by atoms with van der Waals surface area (Å²) in [6, 6.07) is 11.5. The molecule has 1 atom stereocenters. The summed E-state index contributed by atoms with van der Waals surface area (Å²) in [5.74, 6) is -0.212. The number of aromatic nitrogens is 2. The maximum absolute atomic E-state index is 14.3. The van der Waals surface area contributed by atoms with Crippen molar-refractivity contribution in [2.24, 2.45) is 0 Å². The fourth-order valence-corrected chi connectivity index (χ4v) is 4.85. The van der Waals surface area contributed by atoms with E-state index in [0.29, 0.717) is 42.7 Å². The lowest BCUT2D eigenvalue weighted by Crippen LogP contribution is -2.44. The highest BCUT2D eigenvalue weighted by Crippen LogP contribution is 2.32. The second-order valence-electron chi connectivity index (χ2n) is 8.65. The SMILES string of the molecule is C[C@H]1COCCN1c1nc(-c2ccc(NC(=O)NCCO)cc2)cc(-c2cc(F)ccc2S(C)(=O)=O)n1. The molecule has 0 aliphatic carbocycles. The van der Waals surface area contributed by atoms with E-state index < -0.39 is 21.7 Å². The number of hydrogen-bond donors (Lipinski definition) is 3. The normalized spacial score (nSPS) is 15.9. The van der Waals surface area contributed by atoms with Gasteiger partial charge in [0.25, 0.3) is 0 Å². The van der Waals surface area contributed by atoms with Crippen molar-refractivity contribution in [2.45, 2.75) is 17.9 Å². The second kappa shape index (κ2) is 11.2. The Kier molecular flexibility index (Phi) is 8.00. The van der Waals surface area contributed by atoms with Crippen LogP contribution in [0, 0.1) is 5.82 Å². The number of ether oxygens (including phenoxy) is 1. The summed E-state index contributed by atoms with van der Waals surface area (Å²) in [5, 5.41) is 14.0. The Labute approximate surface area is 214 Å². The second-order valence-corrected chi connectivity index (χ2v) is 10.6. The van der Waals surface area contributed by atoms with Crippen LogP contribution >= 0.6 is 0 Å². The lowest BCUT2D eigenvalue weighted by Gasteiger charge is -2.33. The number of aliphatic hydroxyl groups is 1. The highest BCUT2D eigenvalue weighted by molar-refractivity contribution is 7.90. The Morgan fingerprint density at radius 3 is 2.57 bits per heavy atom. The number of halogens is 1. The molecule has 1 aliphatic rings. The zero-order valence-electron chi connectivity index (χ0n) is 20.4. The van der Waals surface area contributed by atoms with Gasteiger partial charge in [0.15, 0.2) is 9.84 Å². The molecule has 2 amide bonds. The topological polar surface area (TPSA) is 134 Å². The largest absolute Gasteiger partial charge is 0.395 e. The third-order valence-electron chi connectivity index (χ3n) is 5.79. The Morgan fingerprint density at radius 2 is 1.89 bits per heavy atom. The smallest absolute Gasteiger partial charge is 0.319 e. The Morgan fingerprint density at radius 1 is 1.16 bits per heavy atom. The van der Waals surface area contributed by atoms with Gasteiger partial charge in [-0.15, -0.1) is 0 Å². The maximum atomic E-state index is 14.3. The van der Waals surface area contributed by atoms with Crippen LogP contribution in [0.1, 0.15) is 6.92 Å². The first-order chi connectivity index (χ1) is 17.7. The molecule has 12 heteroatoms. The molecule has 196 valence electrons. The van der Waals surface area contributed by atoms with Crippen LogP contribution in [0.5, 0.6) is 0 Å². The number of benzene rings is 2. The molecular formula is C25H28FN5O5S. The summed E-state index contributed by atoms with van der Waals surface area (Å²) in [5.41, 5.74) is 2.12. The van der Waals surface area contributed by atoms with E-state index in [1.807, 2.05) is 11.8 Å². The van der Waals surface area contributed by atoms with E-state index in [2.05, 4.69) is 15.6 Å². The number of hydrogen-bond acceptors (Lipinski definition) is 8. The van der Waals surface area contributed by atoms with E-state index in [9.17, 15) is 17.6 Å². The van der Waals surface area contributed by atoms with Crippen LogP contribution < -0.4 is 15.5 Å². The first-order valence-corrected chi connectivity index (χ1v) is 13.5. The number of carbonyl (C=O) groups is 1. The summed E-state index contributed by atoms with van der Waals surface area (Å²) in [6.07, 6.45) is 1.07. The van der Waals surface area contributed by atoms with Gasteiger partial charge < -0.3 is 25.4 Å². The standard InChI is InChI=1S/C25H28FN5O5S/c1-16-15-36-12-10-31(16)24-29-21(17-3-6-19(7-4-17)28-25(33)27-9-11-32)14-22(30-24)20-13-18(26)5-8-23(20)37(2,34)35/h3-8,13-14,16,32H,9-12,15H2,1-2H3,(H2,27,28,33)/t16-/m0/s1. The van der Waals surface area contributed by atoms with Gasteiger partial charge >= 0.3 is 6.03 Å². The van der Waals surface area contributed by atoms with Gasteiger partial charge in [0.05, 0.1) is 42.1 Å². The Bertz CT molecular complexity index is 1380. The number of nitrogens with zero attached hydrogens (tertiary/aromatic N) is 3. The molecular weight excluding hydrogens is 501 g/mol. The number of carbonyl (C=O) groups excluding carboxylic acids is 1. The molecule has 37 heavy (non-hydrogen) atoms. The average molecular weight is 530 g/mol. The zero-order valence-corrected chi connectivity index (χ0v) is 21.3. The molecule has 3 N–H and O–H groups in total. The van der Waals surface area contributed by atoms with Crippen molar-refractivity contribution < 1.29 is 27.4 Å². The van der Waals surface area contributed by atoms with Crippen LogP contribution in [-0.4, -0.2) is 74.7 Å². The van der Waals surface area contributed by atoms with Crippen LogP contribution in [-0.2, 0) is 14.6 Å². The number of urea groups is 1. The molecule has 0 radical (unpaired) electrons. The third-order valence-corrected chi connectivity index (χ3v) is 6.95. The molecule has 0 spiro atoms. The van der Waals surface area contributed by atoms with Crippen LogP contribution in [0.4, 0.5) is 20.8 Å². The number of aliphatic hydroxyl groups excluding tert-OH is 1. The van der Waals surface area contributed by atoms with Crippen molar-refractivity contribution in [1.29, 1.82) is 0 Å². The predicted molar refractivity (Wildman–Crippen MR) is 138 cm³/mol. The first kappa shape index (κ1) is 26.5. The van der Waals surface area contributed by atoms with Gasteiger partial charge in [0.1, 0.15) is 5.82 Å². The minimum Gasteiger partial charge on any atom is -0.395 e. The molecule has 10 nitrogen and oxygen atoms in total. The molecule has 1 fully saturated rings. The first-order valence-electron chi connectivity index (χ1n) is 11.7. The fraction of sp³-hybridized carbons (Fsp3) is 0.320. The van der Waals surface area contributed by atoms with Gasteiger partial charge in [0, 0.05) is 36.2 Å². The highest BCUT2D eigenvalue weighted by Gasteiger charge is 2.24. The van der Waals surface area contributed by atoms with Crippen LogP contribution in [0.25, 0.3) is 22.5 Å². The molecule has 3 aromatic rings. The predicted octanol–water partition coefficient (Wildman–Crippen LogP) is 2.69. The number of rotatable bonds is 7. The number of amides is 2. The summed E-state index contributed by atoms with van der Waals surface area (Å²) >= 11 is 0. The van der Waals surface area contributed by atoms with Crippen LogP contribution in [0.15, 0.2) is 53.4 Å². The van der Waals surface area contributed by atoms with Gasteiger partial charge in [0.2, 0.25) is 5.95 Å². The number of sulfone groups is 1. The van der Waals surface area contributed by atoms with E-state index in [1.165, 1.54) is 6.07 Å². The Balaban J connectivity index is 1.78. The van der Waals surface area contributed by atoms with Crippen molar-refractivity contribution in [2.75, 3.05) is 49.4 Å². The van der Waals surface area contributed by atoms with E-state index in [4.69, 9.17) is 14.8 Å². The molecule has 1 saturated heterocycles. The van der Waals surface area contributed by atoms with Crippen LogP contribution in [0.3, 0.4) is 0 Å². The van der Waals surface area contributed by atoms with Crippen molar-refractivity contribution in [3.05, 3.63) is 54.3 Å². The molecule has 1 aliphatic heterocycles. The highest BCUT2D eigenvalue weighted by atomic mass is 32.2. The Hall–Kier alpha value is -3.61. The van der Waals surface area contributed by atoms with Gasteiger partial charge in [-0.25, -0.2) is 27.6 Å². The fourth-order valence-electron chi connectivity index (χ4n) is 3.97. The van der Waals surface area contributed by atoms with Gasteiger partial charge in [-0.3, -0.25) is 0 Å². The van der Waals surface area contributed by atoms with E-state index in [1.54, 1.807) is 30.3 Å². The summed E-state index contributed by atoms with van der Waals surface area (Å²) < 4.78 is 44.8. The van der Waals surface area contributed by atoms with Crippen molar-refractivity contribution in [3.8, 4) is 22.5 Å². The van der Waals surface area contributed by atoms with Gasteiger partial charge in [-0.1, -0.05) is 12.1 Å². The molecule has 2 heterocycles. The van der Waals surface area contributed by atoms with Gasteiger partial charge in [-0.05, 0) is 43.3 Å². The lowest BCUT2D eigenvalue weighted by atomic mass is 10.1. The molecule has 4 rings (SSSR count). The third kappa shape index (κ3) is 6.40. The summed E-state index contributed by atoms with van der Waals surface area (Å²) in [4.78, 5) is 23.2. The van der Waals surface area contributed by atoms with Crippen molar-refractivity contribution >= 4 is 27.5 Å². The number of nitrogens with one attached hydrogen (secondary N) is 2. The minimum absolute atomic E-state index is 0.0252. The molecule has 0 unspecified atom stereocenters. The maximum Gasteiger partial charge on any atom is 0.319 e. The number of anilines is 2. The molecule has 0 bridgehead atoms. The lowest BCUT2D eigenvalue weighted by molar-refractivity contribution is 0.0981. The van der Waals surface area contributed by atoms with Crippen molar-refractivity contribution in [1.82, 2.24) is 15.3 Å². The van der Waals surface area contributed by atoms with E-state index >= 15 is 0 Å². The van der Waals surface area contributed by atoms with E-state index in [0.717, 1.165) is 18.4 Å². The minimum atomic E-state index is -3.67. The summed E-state index contributed by atoms with van der Waals surface area (Å²) in [6.45, 7) is 3.45. The number of morpholine rings is 1. The molecule has 0 saturated carbocycles. The quantitative estimate of drug-likeness (QED) is 0.398. The monoisotopic (exact) mass is 529 g/mol. The average Bonchev–Trinajstić information content (AvgIpc) is 2.87. The molecule has 1 aromatic heterocycles. The van der Waals surface area contributed by atoms with Crippen molar-refractivity contribution in [3.63, 3.8) is 0 Å². The summed E-state index contributed by atoms with van der Waals surface area (Å²) in [7, 11) is -3.67. The van der Waals surface area contributed by atoms with Gasteiger partial charge in [-0.2, -0.15) is 0 Å². The van der Waals surface area contributed by atoms with E-state index in [-0.39, 0.29) is 35.3 Å². The molecule has 2 aromatic carbocycles. The van der Waals surface area contributed by atoms with Crippen LogP contribution in [0.2, 0.25) is 0 Å².